The topological polar surface area (TPSA) is 74.3 Å². The van der Waals surface area contributed by atoms with Crippen molar-refractivity contribution in [1.29, 1.82) is 0 Å². The lowest BCUT2D eigenvalue weighted by Gasteiger charge is -2.22. The molecule has 0 aromatic heterocycles. The highest BCUT2D eigenvalue weighted by Crippen LogP contribution is 2.32. The van der Waals surface area contributed by atoms with Crippen molar-refractivity contribution in [1.82, 2.24) is 4.90 Å². The van der Waals surface area contributed by atoms with E-state index >= 15 is 0 Å². The highest BCUT2D eigenvalue weighted by Gasteiger charge is 2.18. The Bertz CT molecular complexity index is 560. The zero-order valence-electron chi connectivity index (χ0n) is 13.4. The van der Waals surface area contributed by atoms with E-state index < -0.39 is 0 Å². The van der Waals surface area contributed by atoms with E-state index in [-0.39, 0.29) is 38.2 Å². The molecule has 126 valence electrons. The Balaban J connectivity index is 2.01. The highest BCUT2D eigenvalue weighted by molar-refractivity contribution is 5.78. The minimum absolute atomic E-state index is 0.0343. The van der Waals surface area contributed by atoms with Crippen LogP contribution in [0.2, 0.25) is 0 Å². The van der Waals surface area contributed by atoms with E-state index in [0.29, 0.717) is 24.7 Å². The fraction of sp³-hybridized carbons (Fsp3) is 0.500. The predicted molar refractivity (Wildman–Crippen MR) is 81.1 cm³/mol. The SMILES string of the molecule is CCOC(=O)CCN(Cc1ccc2c(c1)OCO2)C(=O)COC. The molecule has 7 nitrogen and oxygen atoms in total. The van der Waals surface area contributed by atoms with Crippen molar-refractivity contribution in [2.24, 2.45) is 0 Å². The summed E-state index contributed by atoms with van der Waals surface area (Å²) in [5, 5.41) is 0. The van der Waals surface area contributed by atoms with Gasteiger partial charge in [-0.05, 0) is 24.6 Å². The van der Waals surface area contributed by atoms with Gasteiger partial charge in [0.15, 0.2) is 11.5 Å². The average Bonchev–Trinajstić information content (AvgIpc) is 2.99. The zero-order chi connectivity index (χ0) is 16.7. The summed E-state index contributed by atoms with van der Waals surface area (Å²) in [6, 6.07) is 5.51. The summed E-state index contributed by atoms with van der Waals surface area (Å²) in [6.07, 6.45) is 0.147. The quantitative estimate of drug-likeness (QED) is 0.672. The molecule has 0 saturated carbocycles. The van der Waals surface area contributed by atoms with Gasteiger partial charge < -0.3 is 23.8 Å². The van der Waals surface area contributed by atoms with Crippen LogP contribution in [0, 0.1) is 0 Å². The Labute approximate surface area is 135 Å². The average molecular weight is 323 g/mol. The zero-order valence-corrected chi connectivity index (χ0v) is 13.4. The molecule has 0 radical (unpaired) electrons. The molecule has 0 fully saturated rings. The molecule has 2 rings (SSSR count). The molecule has 1 aromatic carbocycles. The molecule has 1 amide bonds. The summed E-state index contributed by atoms with van der Waals surface area (Å²) in [5.74, 6) is 0.838. The molecular formula is C16H21NO6. The van der Waals surface area contributed by atoms with Gasteiger partial charge in [-0.25, -0.2) is 0 Å². The monoisotopic (exact) mass is 323 g/mol. The molecule has 1 aromatic rings. The van der Waals surface area contributed by atoms with Gasteiger partial charge in [0.2, 0.25) is 12.7 Å². The van der Waals surface area contributed by atoms with Crippen molar-refractivity contribution in [3.05, 3.63) is 23.8 Å². The van der Waals surface area contributed by atoms with Gasteiger partial charge >= 0.3 is 5.97 Å². The van der Waals surface area contributed by atoms with E-state index in [9.17, 15) is 9.59 Å². The van der Waals surface area contributed by atoms with Gasteiger partial charge in [0, 0.05) is 20.2 Å². The summed E-state index contributed by atoms with van der Waals surface area (Å²) in [4.78, 5) is 25.2. The van der Waals surface area contributed by atoms with Crippen molar-refractivity contribution < 1.29 is 28.5 Å². The minimum atomic E-state index is -0.326. The fourth-order valence-corrected chi connectivity index (χ4v) is 2.23. The van der Waals surface area contributed by atoms with E-state index in [0.717, 1.165) is 5.56 Å². The molecule has 1 heterocycles. The molecular weight excluding hydrogens is 302 g/mol. The predicted octanol–water partition coefficient (Wildman–Crippen LogP) is 1.34. The van der Waals surface area contributed by atoms with E-state index in [2.05, 4.69) is 0 Å². The molecule has 1 aliphatic rings. The molecule has 0 aliphatic carbocycles. The number of esters is 1. The van der Waals surface area contributed by atoms with Gasteiger partial charge in [0.05, 0.1) is 13.0 Å². The lowest BCUT2D eigenvalue weighted by atomic mass is 10.2. The molecule has 0 unspecified atom stereocenters. The first-order chi connectivity index (χ1) is 11.1. The lowest BCUT2D eigenvalue weighted by Crippen LogP contribution is -2.35. The van der Waals surface area contributed by atoms with Crippen LogP contribution in [0.15, 0.2) is 18.2 Å². The van der Waals surface area contributed by atoms with Crippen LogP contribution in [0.4, 0.5) is 0 Å². The van der Waals surface area contributed by atoms with Gasteiger partial charge in [-0.2, -0.15) is 0 Å². The molecule has 0 saturated heterocycles. The van der Waals surface area contributed by atoms with Crippen molar-refractivity contribution in [2.45, 2.75) is 19.9 Å². The number of benzene rings is 1. The normalized spacial score (nSPS) is 12.1. The van der Waals surface area contributed by atoms with Gasteiger partial charge in [0.1, 0.15) is 6.61 Å². The smallest absolute Gasteiger partial charge is 0.307 e. The van der Waals surface area contributed by atoms with Gasteiger partial charge in [-0.1, -0.05) is 6.07 Å². The molecule has 0 N–H and O–H groups in total. The number of ether oxygens (including phenoxy) is 4. The standard InChI is InChI=1S/C16H21NO6/c1-3-21-16(19)6-7-17(15(18)10-20-2)9-12-4-5-13-14(8-12)23-11-22-13/h4-5,8H,3,6-7,9-11H2,1-2H3. The summed E-state index contributed by atoms with van der Waals surface area (Å²) >= 11 is 0. The van der Waals surface area contributed by atoms with Crippen LogP contribution in [0.5, 0.6) is 11.5 Å². The van der Waals surface area contributed by atoms with Crippen molar-refractivity contribution in [3.8, 4) is 11.5 Å². The second-order valence-corrected chi connectivity index (χ2v) is 4.99. The number of fused-ring (bicyclic) bond motifs is 1. The fourth-order valence-electron chi connectivity index (χ4n) is 2.23. The third-order valence-corrected chi connectivity index (χ3v) is 3.32. The van der Waals surface area contributed by atoms with Crippen LogP contribution in [0.25, 0.3) is 0 Å². The summed E-state index contributed by atoms with van der Waals surface area (Å²) in [7, 11) is 1.46. The Kier molecular flexibility index (Phi) is 6.22. The van der Waals surface area contributed by atoms with Crippen LogP contribution in [-0.4, -0.2) is 50.4 Å². The number of carbonyl (C=O) groups is 2. The number of rotatable bonds is 8. The van der Waals surface area contributed by atoms with E-state index in [1.165, 1.54) is 7.11 Å². The third-order valence-electron chi connectivity index (χ3n) is 3.32. The summed E-state index contributed by atoms with van der Waals surface area (Å²) < 4.78 is 20.4. The van der Waals surface area contributed by atoms with Crippen LogP contribution >= 0.6 is 0 Å². The summed E-state index contributed by atoms with van der Waals surface area (Å²) in [6.45, 7) is 2.88. The lowest BCUT2D eigenvalue weighted by molar-refractivity contribution is -0.144. The maximum Gasteiger partial charge on any atom is 0.307 e. The van der Waals surface area contributed by atoms with Crippen molar-refractivity contribution >= 4 is 11.9 Å². The van der Waals surface area contributed by atoms with Gasteiger partial charge in [0.25, 0.3) is 0 Å². The second kappa shape index (κ2) is 8.38. The highest BCUT2D eigenvalue weighted by atomic mass is 16.7. The second-order valence-electron chi connectivity index (χ2n) is 4.99. The number of amides is 1. The summed E-state index contributed by atoms with van der Waals surface area (Å²) in [5.41, 5.74) is 0.891. The van der Waals surface area contributed by atoms with Crippen molar-refractivity contribution in [3.63, 3.8) is 0 Å². The number of methoxy groups -OCH3 is 1. The molecule has 1 aliphatic heterocycles. The van der Waals surface area contributed by atoms with E-state index in [1.807, 2.05) is 18.2 Å². The number of hydrogen-bond acceptors (Lipinski definition) is 6. The Morgan fingerprint density at radius 1 is 1.26 bits per heavy atom. The van der Waals surface area contributed by atoms with Gasteiger partial charge in [-0.15, -0.1) is 0 Å². The Hall–Kier alpha value is -2.28. The van der Waals surface area contributed by atoms with E-state index in [4.69, 9.17) is 18.9 Å². The molecule has 0 atom stereocenters. The van der Waals surface area contributed by atoms with Crippen LogP contribution in [0.3, 0.4) is 0 Å². The largest absolute Gasteiger partial charge is 0.466 e. The maximum atomic E-state index is 12.1. The first-order valence-electron chi connectivity index (χ1n) is 7.45. The van der Waals surface area contributed by atoms with Crippen molar-refractivity contribution in [2.75, 3.05) is 33.7 Å². The number of carbonyl (C=O) groups excluding carboxylic acids is 2. The molecule has 0 bridgehead atoms. The van der Waals surface area contributed by atoms with E-state index in [1.54, 1.807) is 11.8 Å². The van der Waals surface area contributed by atoms with Crippen LogP contribution in [0.1, 0.15) is 18.9 Å². The minimum Gasteiger partial charge on any atom is -0.466 e. The number of nitrogens with zero attached hydrogens (tertiary/aromatic N) is 1. The first-order valence-corrected chi connectivity index (χ1v) is 7.45. The van der Waals surface area contributed by atoms with Crippen LogP contribution < -0.4 is 9.47 Å². The molecule has 0 spiro atoms. The first kappa shape index (κ1) is 17.1. The number of hydrogen-bond donors (Lipinski definition) is 0. The Morgan fingerprint density at radius 3 is 2.78 bits per heavy atom. The molecule has 7 heteroatoms. The third kappa shape index (κ3) is 4.85. The van der Waals surface area contributed by atoms with Gasteiger partial charge in [-0.3, -0.25) is 9.59 Å². The Morgan fingerprint density at radius 2 is 2.04 bits per heavy atom. The van der Waals surface area contributed by atoms with Crippen LogP contribution in [-0.2, 0) is 25.6 Å². The maximum absolute atomic E-state index is 12.1. The molecule has 23 heavy (non-hydrogen) atoms.